The van der Waals surface area contributed by atoms with E-state index in [9.17, 15) is 19.5 Å². The number of rotatable bonds is 6. The van der Waals surface area contributed by atoms with Crippen molar-refractivity contribution in [2.45, 2.75) is 32.7 Å². The van der Waals surface area contributed by atoms with Gasteiger partial charge in [-0.25, -0.2) is 9.78 Å². The molecule has 2 heterocycles. The summed E-state index contributed by atoms with van der Waals surface area (Å²) >= 11 is 0.960. The molecule has 0 spiro atoms. The van der Waals surface area contributed by atoms with E-state index in [1.807, 2.05) is 24.3 Å². The van der Waals surface area contributed by atoms with Gasteiger partial charge >= 0.3 is 11.9 Å². The van der Waals surface area contributed by atoms with Crippen LogP contribution in [0.4, 0.5) is 5.13 Å². The number of aliphatic hydroxyl groups excluding tert-OH is 1. The average Bonchev–Trinajstić information content (AvgIpc) is 3.39. The average molecular weight is 507 g/mol. The number of ketones is 1. The van der Waals surface area contributed by atoms with E-state index in [2.05, 4.69) is 18.8 Å². The summed E-state index contributed by atoms with van der Waals surface area (Å²) < 4.78 is 10.1. The Morgan fingerprint density at radius 1 is 1.11 bits per heavy atom. The second-order valence-corrected chi connectivity index (χ2v) is 9.60. The van der Waals surface area contributed by atoms with Crippen molar-refractivity contribution in [3.8, 4) is 5.75 Å². The van der Waals surface area contributed by atoms with E-state index in [1.165, 1.54) is 19.1 Å². The molecule has 0 saturated carbocycles. The summed E-state index contributed by atoms with van der Waals surface area (Å²) in [6.07, 6.45) is 0. The zero-order valence-electron chi connectivity index (χ0n) is 20.6. The summed E-state index contributed by atoms with van der Waals surface area (Å²) in [7, 11) is 2.76. The maximum atomic E-state index is 13.4. The van der Waals surface area contributed by atoms with Crippen molar-refractivity contribution in [3.05, 3.63) is 81.4 Å². The molecule has 3 aromatic rings. The van der Waals surface area contributed by atoms with Crippen molar-refractivity contribution >= 4 is 39.9 Å². The number of Topliss-reactive ketones (excluding diaryl/α,β-unsaturated/α-hetero) is 1. The predicted molar refractivity (Wildman–Crippen MR) is 136 cm³/mol. The molecule has 1 N–H and O–H groups in total. The maximum Gasteiger partial charge on any atom is 0.350 e. The van der Waals surface area contributed by atoms with Crippen LogP contribution in [0.15, 0.2) is 54.1 Å². The highest BCUT2D eigenvalue weighted by Crippen LogP contribution is 2.44. The van der Waals surface area contributed by atoms with Gasteiger partial charge in [0.05, 0.1) is 31.5 Å². The standard InChI is InChI=1S/C27H26N2O6S/c1-14(2)16-9-11-17(12-10-16)21-20(22(30)18-7-6-8-19(13-18)34-4)23(31)25(32)29(21)27-28-15(3)24(36-27)26(33)35-5/h6-14,21,30H,1-5H3/t21-/m0/s1. The Labute approximate surface area is 212 Å². The van der Waals surface area contributed by atoms with Crippen LogP contribution in [0.25, 0.3) is 5.76 Å². The molecule has 0 unspecified atom stereocenters. The third-order valence-electron chi connectivity index (χ3n) is 6.07. The number of carbonyl (C=O) groups is 3. The number of hydrogen-bond acceptors (Lipinski definition) is 8. The Kier molecular flexibility index (Phi) is 6.94. The van der Waals surface area contributed by atoms with Gasteiger partial charge in [0.25, 0.3) is 5.78 Å². The van der Waals surface area contributed by atoms with Crippen LogP contribution in [0.3, 0.4) is 0 Å². The number of nitrogens with zero attached hydrogens (tertiary/aromatic N) is 2. The van der Waals surface area contributed by atoms with Crippen LogP contribution >= 0.6 is 11.3 Å². The van der Waals surface area contributed by atoms with Crippen LogP contribution in [0.2, 0.25) is 0 Å². The molecule has 1 aliphatic rings. The molecule has 36 heavy (non-hydrogen) atoms. The van der Waals surface area contributed by atoms with E-state index >= 15 is 0 Å². The first-order chi connectivity index (χ1) is 17.2. The summed E-state index contributed by atoms with van der Waals surface area (Å²) in [6.45, 7) is 5.76. The smallest absolute Gasteiger partial charge is 0.350 e. The summed E-state index contributed by atoms with van der Waals surface area (Å²) in [5.74, 6) is -1.82. The number of amides is 1. The molecular weight excluding hydrogens is 480 g/mol. The molecule has 186 valence electrons. The van der Waals surface area contributed by atoms with Gasteiger partial charge in [0, 0.05) is 5.56 Å². The second-order valence-electron chi connectivity index (χ2n) is 8.62. The first kappa shape index (κ1) is 25.1. The lowest BCUT2D eigenvalue weighted by Gasteiger charge is -2.23. The van der Waals surface area contributed by atoms with Gasteiger partial charge in [0.1, 0.15) is 16.4 Å². The number of hydrogen-bond donors (Lipinski definition) is 1. The normalized spacial score (nSPS) is 17.1. The minimum Gasteiger partial charge on any atom is -0.507 e. The number of aryl methyl sites for hydroxylation is 1. The molecule has 1 aromatic heterocycles. The molecular formula is C27H26N2O6S. The van der Waals surface area contributed by atoms with Crippen molar-refractivity contribution in [2.75, 3.05) is 19.1 Å². The highest BCUT2D eigenvalue weighted by atomic mass is 32.1. The van der Waals surface area contributed by atoms with Crippen molar-refractivity contribution in [3.63, 3.8) is 0 Å². The Bertz CT molecular complexity index is 1370. The Hall–Kier alpha value is -3.98. The number of carbonyl (C=O) groups excluding carboxylic acids is 3. The minimum atomic E-state index is -0.950. The van der Waals surface area contributed by atoms with Gasteiger partial charge in [-0.05, 0) is 36.1 Å². The highest BCUT2D eigenvalue weighted by Gasteiger charge is 2.48. The van der Waals surface area contributed by atoms with Crippen LogP contribution in [0, 0.1) is 6.92 Å². The molecule has 2 aromatic carbocycles. The minimum absolute atomic E-state index is 0.0713. The first-order valence-corrected chi connectivity index (χ1v) is 12.1. The fourth-order valence-electron chi connectivity index (χ4n) is 4.10. The zero-order valence-corrected chi connectivity index (χ0v) is 21.4. The van der Waals surface area contributed by atoms with E-state index < -0.39 is 23.7 Å². The molecule has 1 fully saturated rings. The van der Waals surface area contributed by atoms with Gasteiger partial charge in [0.2, 0.25) is 0 Å². The van der Waals surface area contributed by atoms with E-state index in [-0.39, 0.29) is 27.3 Å². The Morgan fingerprint density at radius 2 is 1.81 bits per heavy atom. The monoisotopic (exact) mass is 506 g/mol. The molecule has 1 aliphatic heterocycles. The van der Waals surface area contributed by atoms with Crippen LogP contribution < -0.4 is 9.64 Å². The van der Waals surface area contributed by atoms with Gasteiger partial charge in [-0.2, -0.15) is 0 Å². The molecule has 1 amide bonds. The molecule has 4 rings (SSSR count). The largest absolute Gasteiger partial charge is 0.507 e. The van der Waals surface area contributed by atoms with Gasteiger partial charge in [-0.3, -0.25) is 14.5 Å². The number of methoxy groups -OCH3 is 2. The number of aromatic nitrogens is 1. The Balaban J connectivity index is 1.93. The molecule has 8 nitrogen and oxygen atoms in total. The van der Waals surface area contributed by atoms with Crippen LogP contribution in [-0.2, 0) is 14.3 Å². The lowest BCUT2D eigenvalue weighted by molar-refractivity contribution is -0.132. The number of anilines is 1. The first-order valence-electron chi connectivity index (χ1n) is 11.3. The predicted octanol–water partition coefficient (Wildman–Crippen LogP) is 5.00. The van der Waals surface area contributed by atoms with E-state index in [0.29, 0.717) is 22.6 Å². The number of thiazole rings is 1. The molecule has 1 atom stereocenters. The fraction of sp³-hybridized carbons (Fsp3) is 0.259. The maximum absolute atomic E-state index is 13.4. The van der Waals surface area contributed by atoms with Crippen LogP contribution in [0.5, 0.6) is 5.75 Å². The molecule has 0 bridgehead atoms. The Morgan fingerprint density at radius 3 is 2.42 bits per heavy atom. The van der Waals surface area contributed by atoms with Gasteiger partial charge < -0.3 is 14.6 Å². The van der Waals surface area contributed by atoms with Crippen molar-refractivity contribution in [1.82, 2.24) is 4.98 Å². The number of benzene rings is 2. The summed E-state index contributed by atoms with van der Waals surface area (Å²) in [4.78, 5) is 44.8. The number of esters is 1. The summed E-state index contributed by atoms with van der Waals surface area (Å²) in [5, 5.41) is 11.5. The van der Waals surface area contributed by atoms with Gasteiger partial charge in [0.15, 0.2) is 5.13 Å². The lowest BCUT2D eigenvalue weighted by atomic mass is 9.93. The molecule has 9 heteroatoms. The zero-order chi connectivity index (χ0) is 26.1. The van der Waals surface area contributed by atoms with Crippen molar-refractivity contribution < 1.29 is 29.0 Å². The van der Waals surface area contributed by atoms with Crippen molar-refractivity contribution in [2.24, 2.45) is 0 Å². The highest BCUT2D eigenvalue weighted by molar-refractivity contribution is 7.17. The van der Waals surface area contributed by atoms with Gasteiger partial charge in [-0.15, -0.1) is 0 Å². The third-order valence-corrected chi connectivity index (χ3v) is 7.21. The van der Waals surface area contributed by atoms with Crippen LogP contribution in [-0.4, -0.2) is 42.0 Å². The molecule has 1 saturated heterocycles. The lowest BCUT2D eigenvalue weighted by Crippen LogP contribution is -2.29. The molecule has 0 aliphatic carbocycles. The SMILES string of the molecule is COC(=O)c1sc(N2C(=O)C(=O)C(=C(O)c3cccc(OC)c3)[C@@H]2c2ccc(C(C)C)cc2)nc1C. The summed E-state index contributed by atoms with van der Waals surface area (Å²) in [5.41, 5.74) is 2.35. The quantitative estimate of drug-likeness (QED) is 0.217. The van der Waals surface area contributed by atoms with Crippen LogP contribution in [0.1, 0.15) is 57.9 Å². The third kappa shape index (κ3) is 4.37. The topological polar surface area (TPSA) is 106 Å². The molecule has 0 radical (unpaired) electrons. The fourth-order valence-corrected chi connectivity index (χ4v) is 5.11. The summed E-state index contributed by atoms with van der Waals surface area (Å²) in [6, 6.07) is 13.2. The van der Waals surface area contributed by atoms with E-state index in [0.717, 1.165) is 16.9 Å². The van der Waals surface area contributed by atoms with Crippen molar-refractivity contribution in [1.29, 1.82) is 0 Å². The van der Waals surface area contributed by atoms with E-state index in [1.54, 1.807) is 31.2 Å². The second kappa shape index (κ2) is 9.94. The van der Waals surface area contributed by atoms with E-state index in [4.69, 9.17) is 9.47 Å². The number of ether oxygens (including phenoxy) is 2. The van der Waals surface area contributed by atoms with Gasteiger partial charge in [-0.1, -0.05) is 61.6 Å². The number of aliphatic hydroxyl groups is 1.